The summed E-state index contributed by atoms with van der Waals surface area (Å²) >= 11 is 0. The monoisotopic (exact) mass is 284 g/mol. The van der Waals surface area contributed by atoms with E-state index in [0.29, 0.717) is 12.6 Å². The Balaban J connectivity index is 1.51. The minimum absolute atomic E-state index is 0.0886. The molecule has 0 bridgehead atoms. The summed E-state index contributed by atoms with van der Waals surface area (Å²) in [5.74, 6) is 0. The van der Waals surface area contributed by atoms with E-state index in [0.717, 1.165) is 24.1 Å². The molecule has 1 aromatic carbocycles. The number of nitrogens with one attached hydrogen (secondary N) is 2. The molecule has 110 valence electrons. The molecule has 0 spiro atoms. The summed E-state index contributed by atoms with van der Waals surface area (Å²) < 4.78 is 1.81. The summed E-state index contributed by atoms with van der Waals surface area (Å²) in [6.45, 7) is 0.491. The first kappa shape index (κ1) is 13.7. The van der Waals surface area contributed by atoms with Crippen LogP contribution in [0.1, 0.15) is 31.2 Å². The number of hydrogen-bond acceptors (Lipinski definition) is 2. The molecule has 3 rings (SSSR count). The van der Waals surface area contributed by atoms with Crippen molar-refractivity contribution in [3.05, 3.63) is 48.3 Å². The van der Waals surface area contributed by atoms with Crippen molar-refractivity contribution in [2.45, 2.75) is 38.3 Å². The summed E-state index contributed by atoms with van der Waals surface area (Å²) in [7, 11) is 0. The molecule has 1 fully saturated rings. The van der Waals surface area contributed by atoms with Crippen LogP contribution in [0.15, 0.2) is 42.7 Å². The molecule has 2 amide bonds. The molecule has 0 saturated heterocycles. The molecule has 1 aliphatic rings. The number of rotatable bonds is 4. The van der Waals surface area contributed by atoms with Crippen molar-refractivity contribution in [2.75, 3.05) is 0 Å². The molecule has 5 heteroatoms. The molecule has 1 aromatic heterocycles. The Kier molecular flexibility index (Phi) is 4.19. The zero-order valence-corrected chi connectivity index (χ0v) is 12.0. The van der Waals surface area contributed by atoms with Crippen LogP contribution in [0.25, 0.3) is 5.69 Å². The molecule has 0 unspecified atom stereocenters. The van der Waals surface area contributed by atoms with Gasteiger partial charge in [-0.25, -0.2) is 9.48 Å². The summed E-state index contributed by atoms with van der Waals surface area (Å²) in [6, 6.07) is 10.2. The summed E-state index contributed by atoms with van der Waals surface area (Å²) in [4.78, 5) is 11.8. The van der Waals surface area contributed by atoms with Crippen molar-refractivity contribution >= 4 is 6.03 Å². The molecule has 1 heterocycles. The smallest absolute Gasteiger partial charge is 0.315 e. The Morgan fingerprint density at radius 2 is 2.00 bits per heavy atom. The van der Waals surface area contributed by atoms with E-state index >= 15 is 0 Å². The van der Waals surface area contributed by atoms with Crippen LogP contribution >= 0.6 is 0 Å². The van der Waals surface area contributed by atoms with Crippen molar-refractivity contribution < 1.29 is 4.79 Å². The summed E-state index contributed by atoms with van der Waals surface area (Å²) in [6.07, 6.45) is 8.34. The Bertz CT molecular complexity index is 587. The lowest BCUT2D eigenvalue weighted by Gasteiger charge is -2.12. The zero-order chi connectivity index (χ0) is 14.5. The SMILES string of the molecule is O=C(NCc1cnn(-c2ccccc2)c1)NC1CCCC1. The highest BCUT2D eigenvalue weighted by atomic mass is 16.2. The van der Waals surface area contributed by atoms with Gasteiger partial charge in [0.1, 0.15) is 0 Å². The van der Waals surface area contributed by atoms with Crippen molar-refractivity contribution in [1.29, 1.82) is 0 Å². The van der Waals surface area contributed by atoms with Crippen LogP contribution in [0.4, 0.5) is 4.79 Å². The van der Waals surface area contributed by atoms with Gasteiger partial charge >= 0.3 is 6.03 Å². The molecule has 2 aromatic rings. The first-order chi connectivity index (χ1) is 10.3. The van der Waals surface area contributed by atoms with Gasteiger partial charge in [-0.05, 0) is 25.0 Å². The van der Waals surface area contributed by atoms with Gasteiger partial charge < -0.3 is 10.6 Å². The number of carbonyl (C=O) groups is 1. The van der Waals surface area contributed by atoms with Gasteiger partial charge in [-0.1, -0.05) is 31.0 Å². The molecule has 1 saturated carbocycles. The van der Waals surface area contributed by atoms with Gasteiger partial charge in [0.25, 0.3) is 0 Å². The van der Waals surface area contributed by atoms with Crippen LogP contribution in [0.5, 0.6) is 0 Å². The van der Waals surface area contributed by atoms with E-state index in [4.69, 9.17) is 0 Å². The fraction of sp³-hybridized carbons (Fsp3) is 0.375. The number of para-hydroxylation sites is 1. The van der Waals surface area contributed by atoms with Gasteiger partial charge in [-0.15, -0.1) is 0 Å². The van der Waals surface area contributed by atoms with Crippen LogP contribution in [0, 0.1) is 0 Å². The Morgan fingerprint density at radius 1 is 1.24 bits per heavy atom. The first-order valence-electron chi connectivity index (χ1n) is 7.44. The maximum absolute atomic E-state index is 11.8. The third-order valence-electron chi connectivity index (χ3n) is 3.80. The standard InChI is InChI=1S/C16H20N4O/c21-16(19-14-6-4-5-7-14)17-10-13-11-18-20(12-13)15-8-2-1-3-9-15/h1-3,8-9,11-12,14H,4-7,10H2,(H2,17,19,21). The van der Waals surface area contributed by atoms with E-state index in [-0.39, 0.29) is 6.03 Å². The number of urea groups is 1. The topological polar surface area (TPSA) is 59.0 Å². The number of amides is 2. The number of carbonyl (C=O) groups excluding carboxylic acids is 1. The van der Waals surface area contributed by atoms with Gasteiger partial charge in [-0.3, -0.25) is 0 Å². The predicted molar refractivity (Wildman–Crippen MR) is 81.2 cm³/mol. The molecule has 21 heavy (non-hydrogen) atoms. The van der Waals surface area contributed by atoms with Crippen LogP contribution < -0.4 is 10.6 Å². The lowest BCUT2D eigenvalue weighted by Crippen LogP contribution is -2.40. The van der Waals surface area contributed by atoms with Crippen LogP contribution in [-0.4, -0.2) is 21.9 Å². The van der Waals surface area contributed by atoms with Crippen LogP contribution in [0.2, 0.25) is 0 Å². The van der Waals surface area contributed by atoms with Gasteiger partial charge in [0.2, 0.25) is 0 Å². The van der Waals surface area contributed by atoms with E-state index < -0.39 is 0 Å². The van der Waals surface area contributed by atoms with E-state index in [9.17, 15) is 4.79 Å². The number of aromatic nitrogens is 2. The highest BCUT2D eigenvalue weighted by Gasteiger charge is 2.16. The Morgan fingerprint density at radius 3 is 2.76 bits per heavy atom. The molecular formula is C16H20N4O. The Hall–Kier alpha value is -2.30. The first-order valence-corrected chi connectivity index (χ1v) is 7.44. The fourth-order valence-corrected chi connectivity index (χ4v) is 2.66. The lowest BCUT2D eigenvalue weighted by atomic mass is 10.2. The number of hydrogen-bond donors (Lipinski definition) is 2. The average molecular weight is 284 g/mol. The van der Waals surface area contributed by atoms with Gasteiger partial charge in [0.05, 0.1) is 11.9 Å². The molecule has 2 N–H and O–H groups in total. The molecule has 5 nitrogen and oxygen atoms in total. The van der Waals surface area contributed by atoms with Crippen molar-refractivity contribution in [2.24, 2.45) is 0 Å². The molecule has 1 aliphatic carbocycles. The molecule has 0 aliphatic heterocycles. The van der Waals surface area contributed by atoms with Crippen molar-refractivity contribution in [1.82, 2.24) is 20.4 Å². The average Bonchev–Trinajstić information content (AvgIpc) is 3.17. The molecular weight excluding hydrogens is 264 g/mol. The summed E-state index contributed by atoms with van der Waals surface area (Å²) in [5, 5.41) is 10.2. The van der Waals surface area contributed by atoms with E-state index in [1.54, 1.807) is 6.20 Å². The minimum atomic E-state index is -0.0886. The maximum Gasteiger partial charge on any atom is 0.315 e. The second kappa shape index (κ2) is 6.43. The third-order valence-corrected chi connectivity index (χ3v) is 3.80. The third kappa shape index (κ3) is 3.62. The van der Waals surface area contributed by atoms with E-state index in [1.165, 1.54) is 12.8 Å². The Labute approximate surface area is 124 Å². The maximum atomic E-state index is 11.8. The molecule has 0 atom stereocenters. The number of benzene rings is 1. The normalized spacial score (nSPS) is 15.0. The highest BCUT2D eigenvalue weighted by molar-refractivity contribution is 5.74. The second-order valence-electron chi connectivity index (χ2n) is 5.44. The summed E-state index contributed by atoms with van der Waals surface area (Å²) in [5.41, 5.74) is 2.00. The largest absolute Gasteiger partial charge is 0.335 e. The van der Waals surface area contributed by atoms with Crippen molar-refractivity contribution in [3.63, 3.8) is 0 Å². The lowest BCUT2D eigenvalue weighted by molar-refractivity contribution is 0.236. The predicted octanol–water partition coefficient (Wildman–Crippen LogP) is 2.61. The second-order valence-corrected chi connectivity index (χ2v) is 5.44. The van der Waals surface area contributed by atoms with Crippen LogP contribution in [0.3, 0.4) is 0 Å². The van der Waals surface area contributed by atoms with Gasteiger partial charge in [0, 0.05) is 24.3 Å². The van der Waals surface area contributed by atoms with Crippen LogP contribution in [-0.2, 0) is 6.54 Å². The molecule has 0 radical (unpaired) electrons. The van der Waals surface area contributed by atoms with E-state index in [2.05, 4.69) is 15.7 Å². The number of nitrogens with zero attached hydrogens (tertiary/aromatic N) is 2. The fourth-order valence-electron chi connectivity index (χ4n) is 2.66. The highest BCUT2D eigenvalue weighted by Crippen LogP contribution is 2.17. The van der Waals surface area contributed by atoms with Crippen molar-refractivity contribution in [3.8, 4) is 5.69 Å². The van der Waals surface area contributed by atoms with Gasteiger partial charge in [-0.2, -0.15) is 5.10 Å². The van der Waals surface area contributed by atoms with Gasteiger partial charge in [0.15, 0.2) is 0 Å². The minimum Gasteiger partial charge on any atom is -0.335 e. The van der Waals surface area contributed by atoms with E-state index in [1.807, 2.05) is 41.2 Å². The zero-order valence-electron chi connectivity index (χ0n) is 12.0. The quantitative estimate of drug-likeness (QED) is 0.906.